The minimum absolute atomic E-state index is 0.000876. The fourth-order valence-corrected chi connectivity index (χ4v) is 3.44. The molecule has 0 saturated carbocycles. The molecule has 0 aliphatic carbocycles. The van der Waals surface area contributed by atoms with Crippen LogP contribution in [0.1, 0.15) is 35.3 Å². The van der Waals surface area contributed by atoms with Crippen molar-refractivity contribution in [1.82, 2.24) is 9.97 Å². The van der Waals surface area contributed by atoms with Crippen LogP contribution in [0.15, 0.2) is 29.3 Å². The number of nitrogens with zero attached hydrogens (tertiary/aromatic N) is 1. The number of primary amides is 1. The van der Waals surface area contributed by atoms with Crippen molar-refractivity contribution in [3.63, 3.8) is 0 Å². The Morgan fingerprint density at radius 2 is 2.04 bits per heavy atom. The summed E-state index contributed by atoms with van der Waals surface area (Å²) in [5.41, 5.74) is 7.12. The summed E-state index contributed by atoms with van der Waals surface area (Å²) in [4.78, 5) is 18.6. The molecule has 2 aromatic heterocycles. The molecule has 0 spiro atoms. The van der Waals surface area contributed by atoms with Crippen LogP contribution in [0.25, 0.3) is 21.8 Å². The zero-order valence-electron chi connectivity index (χ0n) is 13.5. The molecule has 25 heavy (non-hydrogen) atoms. The highest BCUT2D eigenvalue weighted by molar-refractivity contribution is 7.89. The number of benzene rings is 1. The molecule has 2 heterocycles. The summed E-state index contributed by atoms with van der Waals surface area (Å²) in [6.45, 7) is 1.97. The highest BCUT2D eigenvalue weighted by Crippen LogP contribution is 2.31. The van der Waals surface area contributed by atoms with E-state index in [-0.39, 0.29) is 18.2 Å². The van der Waals surface area contributed by atoms with Crippen LogP contribution in [0, 0.1) is 0 Å². The number of hydrogen-bond donors (Lipinski definition) is 4. The van der Waals surface area contributed by atoms with E-state index < -0.39 is 21.0 Å². The highest BCUT2D eigenvalue weighted by Gasteiger charge is 2.20. The number of hydrogen-bond acceptors (Lipinski definition) is 5. The number of carbonyl (C=O) groups excluding carboxylic acids is 1. The third kappa shape index (κ3) is 2.97. The monoisotopic (exact) mass is 362 g/mol. The molecule has 132 valence electrons. The second-order valence-electron chi connectivity index (χ2n) is 5.86. The number of nitrogens with one attached hydrogen (secondary N) is 1. The molecule has 1 unspecified atom stereocenters. The molecular formula is C16H18N4O4S. The van der Waals surface area contributed by atoms with E-state index in [2.05, 4.69) is 9.97 Å². The Balaban J connectivity index is 2.40. The van der Waals surface area contributed by atoms with Gasteiger partial charge in [-0.05, 0) is 30.2 Å². The third-order valence-corrected chi connectivity index (χ3v) is 5.09. The van der Waals surface area contributed by atoms with Crippen LogP contribution in [0.4, 0.5) is 0 Å². The van der Waals surface area contributed by atoms with Gasteiger partial charge in [0.15, 0.2) is 10.7 Å². The predicted molar refractivity (Wildman–Crippen MR) is 93.6 cm³/mol. The summed E-state index contributed by atoms with van der Waals surface area (Å²) < 4.78 is 23.4. The Hall–Kier alpha value is -2.49. The molecule has 8 nitrogen and oxygen atoms in total. The van der Waals surface area contributed by atoms with Gasteiger partial charge in [0.05, 0.1) is 5.52 Å². The molecule has 0 aliphatic heterocycles. The Bertz CT molecular complexity index is 1080. The van der Waals surface area contributed by atoms with Gasteiger partial charge in [-0.3, -0.25) is 4.79 Å². The van der Waals surface area contributed by atoms with E-state index in [1.165, 1.54) is 6.07 Å². The molecule has 1 atom stereocenters. The number of sulfonamides is 1. The lowest BCUT2D eigenvalue weighted by Crippen LogP contribution is -2.19. The van der Waals surface area contributed by atoms with Gasteiger partial charge in [0.2, 0.25) is 0 Å². The first-order valence-electron chi connectivity index (χ1n) is 7.66. The molecule has 3 rings (SSSR count). The quantitative estimate of drug-likeness (QED) is 0.532. The summed E-state index contributed by atoms with van der Waals surface area (Å²) in [6, 6.07) is 6.86. The first kappa shape index (κ1) is 17.3. The first-order chi connectivity index (χ1) is 11.8. The van der Waals surface area contributed by atoms with E-state index in [1.54, 1.807) is 0 Å². The number of aliphatic hydroxyl groups is 1. The molecule has 0 fully saturated rings. The maximum Gasteiger partial charge on any atom is 0.269 e. The minimum atomic E-state index is -4.11. The van der Waals surface area contributed by atoms with E-state index in [4.69, 9.17) is 10.9 Å². The van der Waals surface area contributed by atoms with Crippen LogP contribution in [0.5, 0.6) is 0 Å². The number of amides is 1. The lowest BCUT2D eigenvalue weighted by Gasteiger charge is -2.11. The average Bonchev–Trinajstić information content (AvgIpc) is 2.92. The second kappa shape index (κ2) is 6.10. The number of pyridine rings is 1. The lowest BCUT2D eigenvalue weighted by atomic mass is 9.96. The smallest absolute Gasteiger partial charge is 0.269 e. The lowest BCUT2D eigenvalue weighted by molar-refractivity contribution is 0.0996. The maximum absolute atomic E-state index is 11.7. The van der Waals surface area contributed by atoms with Crippen molar-refractivity contribution >= 4 is 37.7 Å². The molecule has 0 aliphatic rings. The van der Waals surface area contributed by atoms with Crippen molar-refractivity contribution in [1.29, 1.82) is 0 Å². The molecule has 1 aromatic carbocycles. The van der Waals surface area contributed by atoms with Crippen LogP contribution >= 0.6 is 0 Å². The van der Waals surface area contributed by atoms with Gasteiger partial charge in [0, 0.05) is 28.8 Å². The molecule has 9 heteroatoms. The van der Waals surface area contributed by atoms with Gasteiger partial charge >= 0.3 is 0 Å². The summed E-state index contributed by atoms with van der Waals surface area (Å²) in [6.07, 6.45) is 0.751. The van der Waals surface area contributed by atoms with Gasteiger partial charge in [-0.1, -0.05) is 13.0 Å². The van der Waals surface area contributed by atoms with Gasteiger partial charge < -0.3 is 15.8 Å². The van der Waals surface area contributed by atoms with Crippen molar-refractivity contribution in [2.45, 2.75) is 24.3 Å². The number of fused-ring (bicyclic) bond motifs is 3. The van der Waals surface area contributed by atoms with Crippen LogP contribution < -0.4 is 10.9 Å². The summed E-state index contributed by atoms with van der Waals surface area (Å²) >= 11 is 0. The Kier molecular flexibility index (Phi) is 4.23. The summed E-state index contributed by atoms with van der Waals surface area (Å²) in [7, 11) is -4.11. The molecule has 0 bridgehead atoms. The van der Waals surface area contributed by atoms with Gasteiger partial charge in [-0.15, -0.1) is 0 Å². The number of aliphatic hydroxyl groups excluding tert-OH is 1. The van der Waals surface area contributed by atoms with Crippen LogP contribution in [0.2, 0.25) is 0 Å². The average molecular weight is 362 g/mol. The molecule has 6 N–H and O–H groups in total. The van der Waals surface area contributed by atoms with Gasteiger partial charge in [0.1, 0.15) is 0 Å². The van der Waals surface area contributed by atoms with Crippen molar-refractivity contribution < 1.29 is 18.3 Å². The maximum atomic E-state index is 11.7. The van der Waals surface area contributed by atoms with Crippen molar-refractivity contribution in [2.75, 3.05) is 6.61 Å². The molecule has 3 aromatic rings. The standard InChI is InChI=1S/C16H18N4O4S/c1-2-8(7-21)9-3-4-12-10(5-9)11-6-13(25(18,23)24)20-15(16(17)22)14(11)19-12/h3-6,8,19,21H,2,7H2,1H3,(H2,17,22)(H2,18,23,24). The summed E-state index contributed by atoms with van der Waals surface area (Å²) in [5, 5.41) is 15.4. The van der Waals surface area contributed by atoms with E-state index >= 15 is 0 Å². The Labute approximate surface area is 143 Å². The van der Waals surface area contributed by atoms with E-state index in [1.807, 2.05) is 25.1 Å². The topological polar surface area (TPSA) is 152 Å². The van der Waals surface area contributed by atoms with Gasteiger partial charge in [-0.2, -0.15) is 0 Å². The Morgan fingerprint density at radius 3 is 2.60 bits per heavy atom. The number of aromatic amines is 1. The van der Waals surface area contributed by atoms with Crippen LogP contribution in [-0.4, -0.2) is 36.0 Å². The van der Waals surface area contributed by atoms with E-state index in [0.717, 1.165) is 12.0 Å². The molecular weight excluding hydrogens is 344 g/mol. The Morgan fingerprint density at radius 1 is 1.32 bits per heavy atom. The van der Waals surface area contributed by atoms with Crippen molar-refractivity contribution in [3.05, 3.63) is 35.5 Å². The zero-order valence-corrected chi connectivity index (χ0v) is 14.3. The number of primary sulfonamides is 1. The number of H-pyrrole nitrogens is 1. The number of carbonyl (C=O) groups is 1. The largest absolute Gasteiger partial charge is 0.396 e. The van der Waals surface area contributed by atoms with Crippen LogP contribution in [0.3, 0.4) is 0 Å². The normalized spacial score (nSPS) is 13.4. The van der Waals surface area contributed by atoms with Crippen molar-refractivity contribution in [3.8, 4) is 0 Å². The molecule has 0 radical (unpaired) electrons. The SMILES string of the molecule is CCC(CO)c1ccc2[nH]c3c(C(N)=O)nc(S(N)(=O)=O)cc3c2c1. The summed E-state index contributed by atoms with van der Waals surface area (Å²) in [5.74, 6) is -0.895. The number of nitrogens with two attached hydrogens (primary N) is 2. The third-order valence-electron chi connectivity index (χ3n) is 4.30. The second-order valence-corrected chi connectivity index (χ2v) is 7.37. The van der Waals surface area contributed by atoms with Gasteiger partial charge in [-0.25, -0.2) is 18.5 Å². The van der Waals surface area contributed by atoms with Crippen molar-refractivity contribution in [2.24, 2.45) is 10.9 Å². The zero-order chi connectivity index (χ0) is 18.4. The number of aromatic nitrogens is 2. The van der Waals surface area contributed by atoms with E-state index in [0.29, 0.717) is 21.8 Å². The van der Waals surface area contributed by atoms with E-state index in [9.17, 15) is 18.3 Å². The highest BCUT2D eigenvalue weighted by atomic mass is 32.2. The number of rotatable bonds is 5. The van der Waals surface area contributed by atoms with Crippen LogP contribution in [-0.2, 0) is 10.0 Å². The fourth-order valence-electron chi connectivity index (χ4n) is 2.94. The van der Waals surface area contributed by atoms with Gasteiger partial charge in [0.25, 0.3) is 15.9 Å². The first-order valence-corrected chi connectivity index (χ1v) is 9.20. The predicted octanol–water partition coefficient (Wildman–Crippen LogP) is 0.948. The molecule has 1 amide bonds. The fraction of sp³-hybridized carbons (Fsp3) is 0.250. The minimum Gasteiger partial charge on any atom is -0.396 e. The molecule has 0 saturated heterocycles.